The number of hydrogen-bond acceptors (Lipinski definition) is 5. The van der Waals surface area contributed by atoms with E-state index in [9.17, 15) is 23.6 Å². The van der Waals surface area contributed by atoms with Crippen LogP contribution in [0, 0.1) is 11.6 Å². The molecule has 0 bridgehead atoms. The molecule has 0 saturated heterocycles. The maximum absolute atomic E-state index is 14.9. The van der Waals surface area contributed by atoms with E-state index in [1.54, 1.807) is 31.3 Å². The molecule has 0 radical (unpaired) electrons. The molecule has 1 aromatic heterocycles. The normalized spacial score (nSPS) is 12.2. The van der Waals surface area contributed by atoms with Crippen LogP contribution in [0.15, 0.2) is 95.0 Å². The van der Waals surface area contributed by atoms with Gasteiger partial charge < -0.3 is 19.6 Å². The molecule has 0 saturated carbocycles. The highest BCUT2D eigenvalue weighted by Crippen LogP contribution is 2.33. The Kier molecular flexibility index (Phi) is 7.43. The lowest BCUT2D eigenvalue weighted by Gasteiger charge is -2.20. The van der Waals surface area contributed by atoms with Crippen molar-refractivity contribution in [1.82, 2.24) is 4.57 Å². The monoisotopic (exact) mass is 504 g/mol. The summed E-state index contributed by atoms with van der Waals surface area (Å²) in [4.78, 5) is 22.5. The molecule has 0 aliphatic rings. The predicted molar refractivity (Wildman–Crippen MR) is 133 cm³/mol. The van der Waals surface area contributed by atoms with Crippen molar-refractivity contribution in [1.29, 1.82) is 0 Å². The van der Waals surface area contributed by atoms with Crippen molar-refractivity contribution < 1.29 is 28.6 Å². The van der Waals surface area contributed by atoms with Crippen molar-refractivity contribution in [3.8, 4) is 16.9 Å². The predicted octanol–water partition coefficient (Wildman–Crippen LogP) is 5.79. The average molecular weight is 504 g/mol. The standard InChI is InChI=1S/C28H22F2N2O5/c1-32-16-20(8-13-27(32)33)26(31-36)15-24(23-12-9-21(29)14-25(23)30)19-4-2-17(3-5-19)18-6-10-22(11-7-18)37-28(34)35/h2-14,16,24,36H,15H2,1H3,(H,34,35)/b31-26+. The summed E-state index contributed by atoms with van der Waals surface area (Å²) < 4.78 is 34.5. The summed E-state index contributed by atoms with van der Waals surface area (Å²) in [6, 6.07) is 19.9. The van der Waals surface area contributed by atoms with Gasteiger partial charge in [-0.3, -0.25) is 4.79 Å². The molecule has 188 valence electrons. The second-order valence-corrected chi connectivity index (χ2v) is 8.35. The molecule has 2 N–H and O–H groups in total. The SMILES string of the molecule is Cn1cc(/C(CC(c2ccc(-c3ccc(OC(=O)O)cc3)cc2)c2ccc(F)cc2F)=N/O)ccc1=O. The number of aryl methyl sites for hydroxylation is 1. The number of carbonyl (C=O) groups is 1. The summed E-state index contributed by atoms with van der Waals surface area (Å²) in [5.74, 6) is -1.89. The third-order valence-corrected chi connectivity index (χ3v) is 5.98. The average Bonchev–Trinajstić information content (AvgIpc) is 2.87. The van der Waals surface area contributed by atoms with Crippen LogP contribution in [0.3, 0.4) is 0 Å². The molecule has 1 heterocycles. The molecule has 7 nitrogen and oxygen atoms in total. The summed E-state index contributed by atoms with van der Waals surface area (Å²) in [5, 5.41) is 21.9. The lowest BCUT2D eigenvalue weighted by atomic mass is 9.84. The summed E-state index contributed by atoms with van der Waals surface area (Å²) in [6.45, 7) is 0. The van der Waals surface area contributed by atoms with Gasteiger partial charge in [0, 0.05) is 43.3 Å². The number of nitrogens with zero attached hydrogens (tertiary/aromatic N) is 2. The molecule has 9 heteroatoms. The first-order valence-electron chi connectivity index (χ1n) is 11.2. The van der Waals surface area contributed by atoms with Gasteiger partial charge in [0.1, 0.15) is 17.4 Å². The number of pyridine rings is 1. The first kappa shape index (κ1) is 25.3. The van der Waals surface area contributed by atoms with Crippen LogP contribution >= 0.6 is 0 Å². The first-order chi connectivity index (χ1) is 17.7. The van der Waals surface area contributed by atoms with Gasteiger partial charge in [-0.05, 0) is 46.5 Å². The van der Waals surface area contributed by atoms with Crippen LogP contribution < -0.4 is 10.3 Å². The lowest BCUT2D eigenvalue weighted by Crippen LogP contribution is -2.18. The molecule has 0 aliphatic carbocycles. The summed E-state index contributed by atoms with van der Waals surface area (Å²) >= 11 is 0. The van der Waals surface area contributed by atoms with Crippen molar-refractivity contribution in [2.75, 3.05) is 0 Å². The van der Waals surface area contributed by atoms with E-state index in [4.69, 9.17) is 5.11 Å². The summed E-state index contributed by atoms with van der Waals surface area (Å²) in [7, 11) is 1.57. The number of carboxylic acid groups (broad SMARTS) is 1. The Bertz CT molecular complexity index is 1510. The van der Waals surface area contributed by atoms with Gasteiger partial charge >= 0.3 is 6.16 Å². The van der Waals surface area contributed by atoms with Crippen LogP contribution in [0.25, 0.3) is 11.1 Å². The van der Waals surface area contributed by atoms with Gasteiger partial charge in [-0.2, -0.15) is 0 Å². The molecule has 0 fully saturated rings. The Labute approximate surface area is 210 Å². The maximum atomic E-state index is 14.9. The minimum absolute atomic E-state index is 0.0673. The molecule has 0 spiro atoms. The van der Waals surface area contributed by atoms with Crippen LogP contribution in [0.2, 0.25) is 0 Å². The number of aromatic nitrogens is 1. The van der Waals surface area contributed by atoms with Gasteiger partial charge in [-0.25, -0.2) is 13.6 Å². The molecule has 0 amide bonds. The summed E-state index contributed by atoms with van der Waals surface area (Å²) in [6.07, 6.45) is 0.188. The van der Waals surface area contributed by atoms with E-state index >= 15 is 0 Å². The van der Waals surface area contributed by atoms with Crippen molar-refractivity contribution in [2.24, 2.45) is 12.2 Å². The summed E-state index contributed by atoms with van der Waals surface area (Å²) in [5.41, 5.74) is 3.00. The Morgan fingerprint density at radius 3 is 2.19 bits per heavy atom. The van der Waals surface area contributed by atoms with Gasteiger partial charge in [-0.1, -0.05) is 47.6 Å². The number of rotatable bonds is 7. The highest BCUT2D eigenvalue weighted by molar-refractivity contribution is 6.00. The maximum Gasteiger partial charge on any atom is 0.511 e. The number of halogens is 2. The second-order valence-electron chi connectivity index (χ2n) is 8.35. The number of ether oxygens (including phenoxy) is 1. The highest BCUT2D eigenvalue weighted by Gasteiger charge is 2.22. The first-order valence-corrected chi connectivity index (χ1v) is 11.2. The number of oxime groups is 1. The molecule has 4 aromatic rings. The van der Waals surface area contributed by atoms with E-state index in [0.717, 1.165) is 17.2 Å². The van der Waals surface area contributed by atoms with E-state index < -0.39 is 23.7 Å². The van der Waals surface area contributed by atoms with Gasteiger partial charge in [0.15, 0.2) is 0 Å². The Hall–Kier alpha value is -4.79. The van der Waals surface area contributed by atoms with E-state index in [1.165, 1.54) is 47.2 Å². The van der Waals surface area contributed by atoms with E-state index in [2.05, 4.69) is 9.89 Å². The fourth-order valence-corrected chi connectivity index (χ4v) is 4.09. The van der Waals surface area contributed by atoms with Crippen LogP contribution in [0.1, 0.15) is 29.0 Å². The van der Waals surface area contributed by atoms with Crippen molar-refractivity contribution >= 4 is 11.9 Å². The van der Waals surface area contributed by atoms with E-state index in [-0.39, 0.29) is 29.0 Å². The molecular weight excluding hydrogens is 482 g/mol. The van der Waals surface area contributed by atoms with Gasteiger partial charge in [0.2, 0.25) is 5.56 Å². The van der Waals surface area contributed by atoms with Crippen LogP contribution in [-0.4, -0.2) is 26.7 Å². The van der Waals surface area contributed by atoms with Gasteiger partial charge in [-0.15, -0.1) is 0 Å². The van der Waals surface area contributed by atoms with Crippen molar-refractivity contribution in [3.05, 3.63) is 124 Å². The minimum atomic E-state index is -1.40. The van der Waals surface area contributed by atoms with Crippen LogP contribution in [0.5, 0.6) is 5.75 Å². The fourth-order valence-electron chi connectivity index (χ4n) is 4.09. The lowest BCUT2D eigenvalue weighted by molar-refractivity contribution is 0.144. The van der Waals surface area contributed by atoms with E-state index in [1.807, 2.05) is 12.1 Å². The molecular formula is C28H22F2N2O5. The van der Waals surface area contributed by atoms with Crippen molar-refractivity contribution in [2.45, 2.75) is 12.3 Å². The third kappa shape index (κ3) is 5.90. The van der Waals surface area contributed by atoms with Crippen LogP contribution in [-0.2, 0) is 7.05 Å². The molecule has 0 aliphatic heterocycles. The Morgan fingerprint density at radius 2 is 1.62 bits per heavy atom. The Balaban J connectivity index is 1.69. The topological polar surface area (TPSA) is 101 Å². The second kappa shape index (κ2) is 10.9. The molecule has 4 rings (SSSR count). The number of benzene rings is 3. The highest BCUT2D eigenvalue weighted by atomic mass is 19.1. The van der Waals surface area contributed by atoms with Crippen LogP contribution in [0.4, 0.5) is 13.6 Å². The minimum Gasteiger partial charge on any atom is -0.449 e. The van der Waals surface area contributed by atoms with Crippen molar-refractivity contribution in [3.63, 3.8) is 0 Å². The zero-order valence-corrected chi connectivity index (χ0v) is 19.6. The third-order valence-electron chi connectivity index (χ3n) is 5.98. The zero-order valence-electron chi connectivity index (χ0n) is 19.6. The van der Waals surface area contributed by atoms with Gasteiger partial charge in [0.05, 0.1) is 5.71 Å². The molecule has 1 unspecified atom stereocenters. The molecule has 37 heavy (non-hydrogen) atoms. The van der Waals surface area contributed by atoms with E-state index in [0.29, 0.717) is 11.1 Å². The number of hydrogen-bond donors (Lipinski definition) is 2. The zero-order chi connectivity index (χ0) is 26.5. The molecule has 3 aromatic carbocycles. The fraction of sp³-hybridized carbons (Fsp3) is 0.107. The van der Waals surface area contributed by atoms with Gasteiger partial charge in [0.25, 0.3) is 0 Å². The quantitative estimate of drug-likeness (QED) is 0.109. The molecule has 1 atom stereocenters. The largest absolute Gasteiger partial charge is 0.511 e. The Morgan fingerprint density at radius 1 is 0.973 bits per heavy atom. The smallest absolute Gasteiger partial charge is 0.449 e.